The van der Waals surface area contributed by atoms with Crippen LogP contribution in [0.4, 0.5) is 10.1 Å². The molecule has 37 heavy (non-hydrogen) atoms. The van der Waals surface area contributed by atoms with Crippen LogP contribution in [0.2, 0.25) is 0 Å². The van der Waals surface area contributed by atoms with E-state index >= 15 is 0 Å². The van der Waals surface area contributed by atoms with E-state index in [1.807, 2.05) is 38.1 Å². The van der Waals surface area contributed by atoms with E-state index in [2.05, 4.69) is 35.5 Å². The number of aromatic amines is 2. The Labute approximate surface area is 211 Å². The third kappa shape index (κ3) is 4.20. The van der Waals surface area contributed by atoms with E-state index in [9.17, 15) is 9.18 Å². The molecule has 1 aromatic carbocycles. The Kier molecular flexibility index (Phi) is 5.45. The van der Waals surface area contributed by atoms with Gasteiger partial charge in [-0.3, -0.25) is 19.9 Å². The number of nitrogens with zero attached hydrogens (tertiary/aromatic N) is 4. The van der Waals surface area contributed by atoms with Crippen LogP contribution < -0.4 is 5.32 Å². The second-order valence-electron chi connectivity index (χ2n) is 9.11. The predicted octanol–water partition coefficient (Wildman–Crippen LogP) is 5.96. The van der Waals surface area contributed by atoms with Gasteiger partial charge in [0.25, 0.3) is 0 Å². The number of halogens is 1. The van der Waals surface area contributed by atoms with Gasteiger partial charge >= 0.3 is 0 Å². The first-order valence-corrected chi connectivity index (χ1v) is 11.8. The van der Waals surface area contributed by atoms with Gasteiger partial charge in [-0.25, -0.2) is 9.37 Å². The highest BCUT2D eigenvalue weighted by atomic mass is 19.1. The molecular weight excluding hydrogens is 469 g/mol. The van der Waals surface area contributed by atoms with E-state index < -0.39 is 0 Å². The molecule has 0 spiro atoms. The number of hydrogen-bond donors (Lipinski definition) is 3. The number of pyridine rings is 3. The summed E-state index contributed by atoms with van der Waals surface area (Å²) >= 11 is 0. The van der Waals surface area contributed by atoms with Crippen LogP contribution in [0.3, 0.4) is 0 Å². The number of H-pyrrole nitrogens is 2. The zero-order valence-electron chi connectivity index (χ0n) is 20.1. The molecule has 0 atom stereocenters. The third-order valence-corrected chi connectivity index (χ3v) is 6.21. The second kappa shape index (κ2) is 8.94. The van der Waals surface area contributed by atoms with Crippen molar-refractivity contribution in [3.05, 3.63) is 79.1 Å². The van der Waals surface area contributed by atoms with Gasteiger partial charge in [0.2, 0.25) is 5.91 Å². The van der Waals surface area contributed by atoms with Gasteiger partial charge < -0.3 is 10.3 Å². The van der Waals surface area contributed by atoms with Crippen molar-refractivity contribution in [3.8, 4) is 33.8 Å². The molecule has 0 aliphatic rings. The highest BCUT2D eigenvalue weighted by Crippen LogP contribution is 2.34. The molecule has 0 aliphatic carbocycles. The Morgan fingerprint density at radius 2 is 1.73 bits per heavy atom. The van der Waals surface area contributed by atoms with Crippen molar-refractivity contribution in [2.45, 2.75) is 13.8 Å². The lowest BCUT2D eigenvalue weighted by molar-refractivity contribution is -0.118. The fourth-order valence-corrected chi connectivity index (χ4v) is 4.24. The molecule has 9 heteroatoms. The van der Waals surface area contributed by atoms with E-state index in [1.165, 1.54) is 12.1 Å². The standard InChI is InChI=1S/C28H22FN7O/c1-15(2)28(37)33-20-9-17(12-30-14-20)18-10-22-26(35-36-27(22)32-13-18)24-11-21-23(34-24)7-8-31-25(21)16-3-5-19(29)6-4-16/h3-15,34H,1-2H3,(H,33,37)(H,32,35,36). The number of rotatable bonds is 5. The van der Waals surface area contributed by atoms with E-state index in [0.29, 0.717) is 11.3 Å². The normalized spacial score (nSPS) is 11.5. The number of nitrogens with one attached hydrogen (secondary N) is 3. The number of fused-ring (bicyclic) bond motifs is 2. The summed E-state index contributed by atoms with van der Waals surface area (Å²) in [5, 5.41) is 12.1. The molecule has 0 fully saturated rings. The molecule has 5 heterocycles. The molecule has 1 amide bonds. The van der Waals surface area contributed by atoms with Gasteiger partial charge in [-0.05, 0) is 48.5 Å². The van der Waals surface area contributed by atoms with Crippen molar-refractivity contribution in [2.24, 2.45) is 5.92 Å². The Hall–Kier alpha value is -4.92. The van der Waals surface area contributed by atoms with Gasteiger partial charge in [-0.1, -0.05) is 13.8 Å². The summed E-state index contributed by atoms with van der Waals surface area (Å²) in [5.41, 5.74) is 6.95. The molecule has 5 aromatic heterocycles. The van der Waals surface area contributed by atoms with E-state index in [1.54, 1.807) is 36.9 Å². The topological polar surface area (TPSA) is 112 Å². The zero-order valence-corrected chi connectivity index (χ0v) is 20.1. The SMILES string of the molecule is CC(C)C(=O)Nc1cncc(-c2cnc3n[nH]c(-c4cc5c(-c6ccc(F)cc6)nccc5[nH]4)c3c2)c1. The van der Waals surface area contributed by atoms with Crippen LogP contribution in [-0.4, -0.2) is 36.0 Å². The summed E-state index contributed by atoms with van der Waals surface area (Å²) in [6, 6.07) is 14.1. The molecule has 0 saturated heterocycles. The highest BCUT2D eigenvalue weighted by molar-refractivity contribution is 6.00. The Morgan fingerprint density at radius 1 is 0.919 bits per heavy atom. The van der Waals surface area contributed by atoms with Crippen molar-refractivity contribution in [1.29, 1.82) is 0 Å². The summed E-state index contributed by atoms with van der Waals surface area (Å²) in [7, 11) is 0. The number of amides is 1. The number of benzene rings is 1. The summed E-state index contributed by atoms with van der Waals surface area (Å²) in [6.07, 6.45) is 6.82. The lowest BCUT2D eigenvalue weighted by Gasteiger charge is -2.09. The lowest BCUT2D eigenvalue weighted by atomic mass is 10.1. The molecule has 3 N–H and O–H groups in total. The Balaban J connectivity index is 1.41. The van der Waals surface area contributed by atoms with Crippen LogP contribution in [0, 0.1) is 11.7 Å². The Morgan fingerprint density at radius 3 is 2.54 bits per heavy atom. The summed E-state index contributed by atoms with van der Waals surface area (Å²) in [6.45, 7) is 3.68. The number of aromatic nitrogens is 6. The highest BCUT2D eigenvalue weighted by Gasteiger charge is 2.16. The average molecular weight is 492 g/mol. The molecule has 182 valence electrons. The summed E-state index contributed by atoms with van der Waals surface area (Å²) in [4.78, 5) is 28.9. The van der Waals surface area contributed by atoms with Crippen LogP contribution in [0.1, 0.15) is 13.8 Å². The first-order chi connectivity index (χ1) is 18.0. The van der Waals surface area contributed by atoms with Gasteiger partial charge in [-0.2, -0.15) is 5.10 Å². The first kappa shape index (κ1) is 22.5. The van der Waals surface area contributed by atoms with Crippen LogP contribution in [0.5, 0.6) is 0 Å². The van der Waals surface area contributed by atoms with Crippen molar-refractivity contribution < 1.29 is 9.18 Å². The predicted molar refractivity (Wildman–Crippen MR) is 141 cm³/mol. The van der Waals surface area contributed by atoms with E-state index in [0.717, 1.165) is 50.1 Å². The van der Waals surface area contributed by atoms with Crippen molar-refractivity contribution >= 4 is 33.5 Å². The van der Waals surface area contributed by atoms with Crippen molar-refractivity contribution in [3.63, 3.8) is 0 Å². The van der Waals surface area contributed by atoms with Crippen LogP contribution in [-0.2, 0) is 4.79 Å². The van der Waals surface area contributed by atoms with Crippen molar-refractivity contribution in [2.75, 3.05) is 5.32 Å². The molecule has 0 radical (unpaired) electrons. The number of carbonyl (C=O) groups is 1. The minimum atomic E-state index is -0.291. The monoisotopic (exact) mass is 491 g/mol. The van der Waals surface area contributed by atoms with E-state index in [4.69, 9.17) is 0 Å². The molecule has 6 rings (SSSR count). The molecule has 0 bridgehead atoms. The fourth-order valence-electron chi connectivity index (χ4n) is 4.24. The molecule has 6 aromatic rings. The number of carbonyl (C=O) groups excluding carboxylic acids is 1. The quantitative estimate of drug-likeness (QED) is 0.275. The molecular formula is C28H22FN7O. The fraction of sp³-hybridized carbons (Fsp3) is 0.107. The second-order valence-corrected chi connectivity index (χ2v) is 9.11. The average Bonchev–Trinajstić information content (AvgIpc) is 3.53. The maximum absolute atomic E-state index is 13.5. The van der Waals surface area contributed by atoms with Crippen LogP contribution in [0.15, 0.2) is 73.3 Å². The minimum absolute atomic E-state index is 0.0713. The zero-order chi connectivity index (χ0) is 25.5. The van der Waals surface area contributed by atoms with Gasteiger partial charge in [0.05, 0.1) is 29.0 Å². The number of hydrogen-bond acceptors (Lipinski definition) is 5. The maximum Gasteiger partial charge on any atom is 0.226 e. The van der Waals surface area contributed by atoms with Gasteiger partial charge in [0.1, 0.15) is 5.82 Å². The summed E-state index contributed by atoms with van der Waals surface area (Å²) < 4.78 is 13.5. The third-order valence-electron chi connectivity index (χ3n) is 6.21. The number of anilines is 1. The molecule has 0 saturated carbocycles. The van der Waals surface area contributed by atoms with Gasteiger partial charge in [0.15, 0.2) is 5.65 Å². The van der Waals surface area contributed by atoms with E-state index in [-0.39, 0.29) is 17.6 Å². The van der Waals surface area contributed by atoms with Crippen LogP contribution in [0.25, 0.3) is 55.7 Å². The van der Waals surface area contributed by atoms with Crippen molar-refractivity contribution in [1.82, 2.24) is 30.1 Å². The smallest absolute Gasteiger partial charge is 0.226 e. The van der Waals surface area contributed by atoms with Gasteiger partial charge in [0, 0.05) is 57.5 Å². The molecule has 0 unspecified atom stereocenters. The minimum Gasteiger partial charge on any atom is -0.353 e. The molecule has 0 aliphatic heterocycles. The molecule has 8 nitrogen and oxygen atoms in total. The lowest BCUT2D eigenvalue weighted by Crippen LogP contribution is -2.17. The van der Waals surface area contributed by atoms with Gasteiger partial charge in [-0.15, -0.1) is 0 Å². The first-order valence-electron chi connectivity index (χ1n) is 11.8. The summed E-state index contributed by atoms with van der Waals surface area (Å²) in [5.74, 6) is -0.496. The maximum atomic E-state index is 13.5. The largest absolute Gasteiger partial charge is 0.353 e. The van der Waals surface area contributed by atoms with Crippen LogP contribution >= 0.6 is 0 Å². The Bertz CT molecular complexity index is 1770.